The van der Waals surface area contributed by atoms with E-state index in [-0.39, 0.29) is 23.6 Å². The van der Waals surface area contributed by atoms with Gasteiger partial charge in [0.25, 0.3) is 0 Å². The Morgan fingerprint density at radius 3 is 2.62 bits per heavy atom. The first-order valence-corrected chi connectivity index (χ1v) is 6.34. The van der Waals surface area contributed by atoms with Gasteiger partial charge >= 0.3 is 0 Å². The van der Waals surface area contributed by atoms with Crippen molar-refractivity contribution in [3.05, 3.63) is 28.7 Å². The molecule has 7 heteroatoms. The van der Waals surface area contributed by atoms with Crippen LogP contribution in [0, 0.1) is 0 Å². The Morgan fingerprint density at radius 1 is 1.31 bits per heavy atom. The van der Waals surface area contributed by atoms with Crippen LogP contribution in [0.3, 0.4) is 0 Å². The average Bonchev–Trinajstić information content (AvgIpc) is 2.25. The highest BCUT2D eigenvalue weighted by atomic mass is 32.2. The topological polar surface area (TPSA) is 99.3 Å². The summed E-state index contributed by atoms with van der Waals surface area (Å²) < 4.78 is 25.6. The maximum atomic E-state index is 11.6. The fourth-order valence-corrected chi connectivity index (χ4v) is 2.13. The average molecular weight is 246 g/mol. The molecule has 3 N–H and O–H groups in total. The minimum Gasteiger partial charge on any atom is -0.396 e. The number of aliphatic hydroxyl groups excluding tert-OH is 1. The van der Waals surface area contributed by atoms with E-state index in [1.165, 1.54) is 6.07 Å². The largest absolute Gasteiger partial charge is 0.396 e. The van der Waals surface area contributed by atoms with Crippen LogP contribution in [0.4, 0.5) is 0 Å². The van der Waals surface area contributed by atoms with Crippen molar-refractivity contribution in [2.75, 3.05) is 13.2 Å². The zero-order valence-corrected chi connectivity index (χ0v) is 9.46. The van der Waals surface area contributed by atoms with Gasteiger partial charge in [-0.05, 0) is 18.9 Å². The van der Waals surface area contributed by atoms with E-state index < -0.39 is 10.0 Å². The highest BCUT2D eigenvalue weighted by Gasteiger charge is 2.12. The molecule has 1 rings (SSSR count). The number of hydrogen-bond acceptors (Lipinski definition) is 4. The van der Waals surface area contributed by atoms with Gasteiger partial charge in [0.15, 0.2) is 0 Å². The van der Waals surface area contributed by atoms with E-state index in [9.17, 15) is 13.2 Å². The third-order valence-corrected chi connectivity index (χ3v) is 3.40. The molecule has 16 heavy (non-hydrogen) atoms. The molecular formula is C9H14N2O4S. The Hall–Kier alpha value is -1.18. The van der Waals surface area contributed by atoms with E-state index in [2.05, 4.69) is 9.71 Å². The van der Waals surface area contributed by atoms with Gasteiger partial charge in [-0.25, -0.2) is 13.1 Å². The molecule has 0 aliphatic carbocycles. The maximum absolute atomic E-state index is 11.6. The van der Waals surface area contributed by atoms with Crippen LogP contribution in [0.2, 0.25) is 0 Å². The number of pyridine rings is 1. The third-order valence-electron chi connectivity index (χ3n) is 1.94. The predicted octanol–water partition coefficient (Wildman–Crippen LogP) is -0.574. The molecule has 6 nitrogen and oxygen atoms in total. The minimum atomic E-state index is -3.56. The first-order valence-electron chi connectivity index (χ1n) is 4.85. The summed E-state index contributed by atoms with van der Waals surface area (Å²) in [5.74, 6) is 0. The first kappa shape index (κ1) is 12.9. The molecule has 0 aliphatic heterocycles. The summed E-state index contributed by atoms with van der Waals surface area (Å²) in [7, 11) is -3.56. The summed E-state index contributed by atoms with van der Waals surface area (Å²) in [5.41, 5.74) is -0.348. The van der Waals surface area contributed by atoms with Gasteiger partial charge in [0.2, 0.25) is 15.6 Å². The molecule has 90 valence electrons. The van der Waals surface area contributed by atoms with Crippen molar-refractivity contribution in [1.29, 1.82) is 0 Å². The molecule has 1 aromatic rings. The Bertz CT molecular complexity index is 460. The van der Waals surface area contributed by atoms with Gasteiger partial charge in [-0.1, -0.05) is 0 Å². The SMILES string of the molecule is O=c1ccc(S(=O)(=O)NCCCCO)c[nH]1. The molecular weight excluding hydrogens is 232 g/mol. The van der Waals surface area contributed by atoms with Crippen LogP contribution in [-0.2, 0) is 10.0 Å². The van der Waals surface area contributed by atoms with Gasteiger partial charge in [0.1, 0.15) is 0 Å². The zero-order valence-electron chi connectivity index (χ0n) is 8.64. The quantitative estimate of drug-likeness (QED) is 0.585. The highest BCUT2D eigenvalue weighted by Crippen LogP contribution is 2.03. The van der Waals surface area contributed by atoms with Crippen LogP contribution >= 0.6 is 0 Å². The maximum Gasteiger partial charge on any atom is 0.247 e. The number of H-pyrrole nitrogens is 1. The summed E-state index contributed by atoms with van der Waals surface area (Å²) in [6.45, 7) is 0.308. The van der Waals surface area contributed by atoms with Gasteiger partial charge in [-0.2, -0.15) is 0 Å². The summed E-state index contributed by atoms with van der Waals surface area (Å²) >= 11 is 0. The molecule has 0 spiro atoms. The number of aromatic nitrogens is 1. The number of aromatic amines is 1. The molecule has 1 heterocycles. The van der Waals surface area contributed by atoms with Gasteiger partial charge in [0, 0.05) is 25.4 Å². The predicted molar refractivity (Wildman–Crippen MR) is 58.6 cm³/mol. The van der Waals surface area contributed by atoms with Gasteiger partial charge in [-0.15, -0.1) is 0 Å². The van der Waals surface area contributed by atoms with Crippen LogP contribution in [0.5, 0.6) is 0 Å². The number of nitrogens with one attached hydrogen (secondary N) is 2. The Balaban J connectivity index is 2.63. The van der Waals surface area contributed by atoms with E-state index in [4.69, 9.17) is 5.11 Å². The fourth-order valence-electron chi connectivity index (χ4n) is 1.09. The lowest BCUT2D eigenvalue weighted by atomic mass is 10.3. The van der Waals surface area contributed by atoms with Crippen molar-refractivity contribution in [3.63, 3.8) is 0 Å². The van der Waals surface area contributed by atoms with Gasteiger partial charge in [-0.3, -0.25) is 4.79 Å². The van der Waals surface area contributed by atoms with Crippen LogP contribution < -0.4 is 10.3 Å². The van der Waals surface area contributed by atoms with Gasteiger partial charge in [0.05, 0.1) is 4.90 Å². The number of sulfonamides is 1. The number of unbranched alkanes of at least 4 members (excludes halogenated alkanes) is 1. The van der Waals surface area contributed by atoms with Crippen LogP contribution in [0.15, 0.2) is 28.0 Å². The molecule has 0 aromatic carbocycles. The van der Waals surface area contributed by atoms with Crippen molar-refractivity contribution in [3.8, 4) is 0 Å². The van der Waals surface area contributed by atoms with Crippen molar-refractivity contribution < 1.29 is 13.5 Å². The van der Waals surface area contributed by atoms with Crippen LogP contribution in [-0.4, -0.2) is 31.7 Å². The van der Waals surface area contributed by atoms with E-state index in [1.54, 1.807) is 0 Å². The second-order valence-corrected chi connectivity index (χ2v) is 4.98. The third kappa shape index (κ3) is 3.76. The zero-order chi connectivity index (χ0) is 12.0. The Labute approximate surface area is 93.4 Å². The minimum absolute atomic E-state index is 0.0242. The van der Waals surface area contributed by atoms with E-state index >= 15 is 0 Å². The van der Waals surface area contributed by atoms with Crippen LogP contribution in [0.25, 0.3) is 0 Å². The lowest BCUT2D eigenvalue weighted by Gasteiger charge is -2.05. The van der Waals surface area contributed by atoms with Gasteiger partial charge < -0.3 is 10.1 Å². The van der Waals surface area contributed by atoms with E-state index in [1.807, 2.05) is 0 Å². The lowest BCUT2D eigenvalue weighted by Crippen LogP contribution is -2.25. The summed E-state index contributed by atoms with van der Waals surface area (Å²) in [6.07, 6.45) is 2.27. The molecule has 0 amide bonds. The van der Waals surface area contributed by atoms with Crippen molar-refractivity contribution in [2.24, 2.45) is 0 Å². The first-order chi connectivity index (χ1) is 7.56. The molecule has 0 saturated carbocycles. The van der Waals surface area contributed by atoms with Crippen LogP contribution in [0.1, 0.15) is 12.8 Å². The van der Waals surface area contributed by atoms with Crippen molar-refractivity contribution in [2.45, 2.75) is 17.7 Å². The standard InChI is InChI=1S/C9H14N2O4S/c12-6-2-1-5-11-16(14,15)8-3-4-9(13)10-7-8/h3-4,7,11-12H,1-2,5-6H2,(H,10,13). The summed E-state index contributed by atoms with van der Waals surface area (Å²) in [5, 5.41) is 8.53. The number of aliphatic hydroxyl groups is 1. The van der Waals surface area contributed by atoms with E-state index in [0.717, 1.165) is 12.3 Å². The molecule has 0 radical (unpaired) electrons. The number of hydrogen-bond donors (Lipinski definition) is 3. The normalized spacial score (nSPS) is 11.6. The second kappa shape index (κ2) is 5.78. The fraction of sp³-hybridized carbons (Fsp3) is 0.444. The molecule has 0 atom stereocenters. The second-order valence-electron chi connectivity index (χ2n) is 3.22. The van der Waals surface area contributed by atoms with E-state index in [0.29, 0.717) is 12.8 Å². The molecule has 0 unspecified atom stereocenters. The highest BCUT2D eigenvalue weighted by molar-refractivity contribution is 7.89. The summed E-state index contributed by atoms with van der Waals surface area (Å²) in [4.78, 5) is 13.1. The van der Waals surface area contributed by atoms with Crippen molar-refractivity contribution in [1.82, 2.24) is 9.71 Å². The van der Waals surface area contributed by atoms with Crippen molar-refractivity contribution >= 4 is 10.0 Å². The molecule has 0 fully saturated rings. The molecule has 0 aliphatic rings. The number of rotatable bonds is 6. The molecule has 0 saturated heterocycles. The molecule has 0 bridgehead atoms. The Kier molecular flexibility index (Phi) is 4.66. The Morgan fingerprint density at radius 2 is 2.06 bits per heavy atom. The lowest BCUT2D eigenvalue weighted by molar-refractivity contribution is 0.285. The monoisotopic (exact) mass is 246 g/mol. The summed E-state index contributed by atoms with van der Waals surface area (Å²) in [6, 6.07) is 2.40. The smallest absolute Gasteiger partial charge is 0.247 e. The molecule has 1 aromatic heterocycles.